The molecule has 132 valence electrons. The number of ether oxygens (including phenoxy) is 1. The van der Waals surface area contributed by atoms with Gasteiger partial charge in [-0.05, 0) is 36.7 Å². The molecule has 2 aliphatic heterocycles. The Hall–Kier alpha value is -1.40. The molecule has 0 unspecified atom stereocenters. The lowest BCUT2D eigenvalue weighted by atomic mass is 9.95. The molecule has 24 heavy (non-hydrogen) atoms. The van der Waals surface area contributed by atoms with Gasteiger partial charge in [-0.2, -0.15) is 5.10 Å². The third-order valence-electron chi connectivity index (χ3n) is 5.81. The highest BCUT2D eigenvalue weighted by Crippen LogP contribution is 2.48. The number of hydrogen-bond donors (Lipinski definition) is 0. The second kappa shape index (κ2) is 6.84. The van der Waals surface area contributed by atoms with Crippen molar-refractivity contribution in [3.05, 3.63) is 18.0 Å². The van der Waals surface area contributed by atoms with E-state index in [1.165, 1.54) is 12.1 Å². The minimum Gasteiger partial charge on any atom is -0.379 e. The van der Waals surface area contributed by atoms with Gasteiger partial charge in [0.1, 0.15) is 0 Å². The van der Waals surface area contributed by atoms with E-state index in [4.69, 9.17) is 4.74 Å². The Kier molecular flexibility index (Phi) is 4.59. The van der Waals surface area contributed by atoms with Crippen molar-refractivity contribution in [2.24, 2.45) is 18.9 Å². The van der Waals surface area contributed by atoms with Gasteiger partial charge in [-0.3, -0.25) is 14.4 Å². The number of aromatic nitrogens is 2. The van der Waals surface area contributed by atoms with Crippen LogP contribution in [0.2, 0.25) is 0 Å². The minimum absolute atomic E-state index is 0.199. The first-order valence-electron chi connectivity index (χ1n) is 9.28. The zero-order valence-electron chi connectivity index (χ0n) is 14.6. The van der Waals surface area contributed by atoms with Crippen molar-refractivity contribution in [2.45, 2.75) is 25.2 Å². The van der Waals surface area contributed by atoms with Crippen LogP contribution in [0, 0.1) is 11.8 Å². The van der Waals surface area contributed by atoms with Gasteiger partial charge in [0, 0.05) is 51.9 Å². The van der Waals surface area contributed by atoms with Crippen molar-refractivity contribution >= 4 is 5.91 Å². The lowest BCUT2D eigenvalue weighted by Gasteiger charge is -2.36. The zero-order valence-corrected chi connectivity index (χ0v) is 14.6. The van der Waals surface area contributed by atoms with Gasteiger partial charge < -0.3 is 9.64 Å². The van der Waals surface area contributed by atoms with E-state index in [1.807, 2.05) is 24.1 Å². The highest BCUT2D eigenvalue weighted by molar-refractivity contribution is 5.83. The van der Waals surface area contributed by atoms with Crippen LogP contribution in [0.5, 0.6) is 0 Å². The molecule has 0 bridgehead atoms. The molecule has 3 fully saturated rings. The number of morpholine rings is 1. The largest absolute Gasteiger partial charge is 0.379 e. The van der Waals surface area contributed by atoms with Crippen LogP contribution in [-0.4, -0.2) is 71.4 Å². The summed E-state index contributed by atoms with van der Waals surface area (Å²) in [5.41, 5.74) is 1.22. The van der Waals surface area contributed by atoms with Gasteiger partial charge in [-0.1, -0.05) is 0 Å². The van der Waals surface area contributed by atoms with E-state index in [0.717, 1.165) is 64.6 Å². The minimum atomic E-state index is 0.199. The fourth-order valence-electron chi connectivity index (χ4n) is 4.19. The maximum atomic E-state index is 12.7. The molecule has 6 heteroatoms. The smallest absolute Gasteiger partial charge is 0.226 e. The predicted octanol–water partition coefficient (Wildman–Crippen LogP) is 1.09. The molecule has 6 nitrogen and oxygen atoms in total. The van der Waals surface area contributed by atoms with Crippen molar-refractivity contribution in [1.82, 2.24) is 19.6 Å². The van der Waals surface area contributed by atoms with Crippen LogP contribution in [0.15, 0.2) is 12.4 Å². The highest BCUT2D eigenvalue weighted by atomic mass is 16.5. The lowest BCUT2D eigenvalue weighted by Crippen LogP contribution is -2.44. The first-order chi connectivity index (χ1) is 11.7. The summed E-state index contributed by atoms with van der Waals surface area (Å²) in [6, 6.07) is 0. The lowest BCUT2D eigenvalue weighted by molar-refractivity contribution is -0.134. The molecule has 2 atom stereocenters. The van der Waals surface area contributed by atoms with E-state index < -0.39 is 0 Å². The topological polar surface area (TPSA) is 50.6 Å². The average molecular weight is 332 g/mol. The van der Waals surface area contributed by atoms with Crippen LogP contribution < -0.4 is 0 Å². The predicted molar refractivity (Wildman–Crippen MR) is 90.6 cm³/mol. The number of nitrogens with zero attached hydrogens (tertiary/aromatic N) is 4. The molecule has 0 N–H and O–H groups in total. The van der Waals surface area contributed by atoms with Crippen LogP contribution in [0.3, 0.4) is 0 Å². The molecular formula is C18H28N4O2. The van der Waals surface area contributed by atoms with Crippen molar-refractivity contribution in [3.8, 4) is 0 Å². The fourth-order valence-corrected chi connectivity index (χ4v) is 4.19. The molecule has 1 aromatic rings. The van der Waals surface area contributed by atoms with Crippen LogP contribution in [0.4, 0.5) is 0 Å². The van der Waals surface area contributed by atoms with Crippen LogP contribution in [0.1, 0.15) is 30.7 Å². The second-order valence-electron chi connectivity index (χ2n) is 7.58. The SMILES string of the molecule is Cn1cc([C@H]2C[C@H]2C(=O)N2CCC(CN3CCOCC3)CC2)cn1. The number of amides is 1. The summed E-state index contributed by atoms with van der Waals surface area (Å²) in [5.74, 6) is 1.71. The molecule has 4 rings (SSSR count). The Morgan fingerprint density at radius 2 is 2.00 bits per heavy atom. The summed E-state index contributed by atoms with van der Waals surface area (Å²) in [4.78, 5) is 17.3. The first-order valence-corrected chi connectivity index (χ1v) is 9.28. The standard InChI is InChI=1S/C18H28N4O2/c1-20-13-15(11-19-20)16-10-17(16)18(23)22-4-2-14(3-5-22)12-21-6-8-24-9-7-21/h11,13-14,16-17H,2-10,12H2,1H3/t16-,17-/m1/s1. The molecule has 1 aliphatic carbocycles. The van der Waals surface area contributed by atoms with Crippen molar-refractivity contribution in [1.29, 1.82) is 0 Å². The molecule has 3 heterocycles. The summed E-state index contributed by atoms with van der Waals surface area (Å²) < 4.78 is 7.24. The number of hydrogen-bond acceptors (Lipinski definition) is 4. The number of piperidine rings is 1. The molecule has 2 saturated heterocycles. The van der Waals surface area contributed by atoms with Crippen LogP contribution in [0.25, 0.3) is 0 Å². The van der Waals surface area contributed by atoms with E-state index in [-0.39, 0.29) is 5.92 Å². The van der Waals surface area contributed by atoms with E-state index in [2.05, 4.69) is 14.9 Å². The molecule has 0 spiro atoms. The molecule has 0 radical (unpaired) electrons. The Morgan fingerprint density at radius 3 is 2.67 bits per heavy atom. The maximum Gasteiger partial charge on any atom is 0.226 e. The molecule has 0 aromatic carbocycles. The summed E-state index contributed by atoms with van der Waals surface area (Å²) in [5, 5.41) is 4.23. The molecule has 1 saturated carbocycles. The van der Waals surface area contributed by atoms with Crippen molar-refractivity contribution < 1.29 is 9.53 Å². The summed E-state index contributed by atoms with van der Waals surface area (Å²) >= 11 is 0. The van der Waals surface area contributed by atoms with Gasteiger partial charge in [0.05, 0.1) is 19.4 Å². The maximum absolute atomic E-state index is 12.7. The monoisotopic (exact) mass is 332 g/mol. The van der Waals surface area contributed by atoms with E-state index >= 15 is 0 Å². The second-order valence-corrected chi connectivity index (χ2v) is 7.58. The molecule has 1 aromatic heterocycles. The third kappa shape index (κ3) is 3.49. The Balaban J connectivity index is 1.23. The van der Waals surface area contributed by atoms with Crippen molar-refractivity contribution in [2.75, 3.05) is 45.9 Å². The first kappa shape index (κ1) is 16.1. The summed E-state index contributed by atoms with van der Waals surface area (Å²) in [7, 11) is 1.93. The molecular weight excluding hydrogens is 304 g/mol. The summed E-state index contributed by atoms with van der Waals surface area (Å²) in [6.07, 6.45) is 7.25. The van der Waals surface area contributed by atoms with Gasteiger partial charge in [-0.15, -0.1) is 0 Å². The van der Waals surface area contributed by atoms with Gasteiger partial charge in [0.15, 0.2) is 0 Å². The Morgan fingerprint density at radius 1 is 1.25 bits per heavy atom. The third-order valence-corrected chi connectivity index (χ3v) is 5.81. The van der Waals surface area contributed by atoms with Crippen LogP contribution in [-0.2, 0) is 16.6 Å². The quantitative estimate of drug-likeness (QED) is 0.828. The summed E-state index contributed by atoms with van der Waals surface area (Å²) in [6.45, 7) is 6.91. The zero-order chi connectivity index (χ0) is 16.5. The Bertz CT molecular complexity index is 573. The van der Waals surface area contributed by atoms with Gasteiger partial charge >= 0.3 is 0 Å². The highest BCUT2D eigenvalue weighted by Gasteiger charge is 2.46. The van der Waals surface area contributed by atoms with Crippen molar-refractivity contribution in [3.63, 3.8) is 0 Å². The van der Waals surface area contributed by atoms with E-state index in [9.17, 15) is 4.79 Å². The van der Waals surface area contributed by atoms with Gasteiger partial charge in [-0.25, -0.2) is 0 Å². The number of rotatable bonds is 4. The van der Waals surface area contributed by atoms with E-state index in [1.54, 1.807) is 0 Å². The fraction of sp³-hybridized carbons (Fsp3) is 0.778. The number of likely N-dealkylation sites (tertiary alicyclic amines) is 1. The Labute approximate surface area is 143 Å². The van der Waals surface area contributed by atoms with Gasteiger partial charge in [0.2, 0.25) is 5.91 Å². The van der Waals surface area contributed by atoms with Gasteiger partial charge in [0.25, 0.3) is 0 Å². The average Bonchev–Trinajstić information content (AvgIpc) is 3.30. The number of carbonyl (C=O) groups excluding carboxylic acids is 1. The molecule has 3 aliphatic rings. The number of aryl methyl sites for hydroxylation is 1. The normalized spacial score (nSPS) is 29.0. The van der Waals surface area contributed by atoms with Crippen LogP contribution >= 0.6 is 0 Å². The molecule has 1 amide bonds. The number of carbonyl (C=O) groups is 1. The van der Waals surface area contributed by atoms with E-state index in [0.29, 0.717) is 11.8 Å².